The van der Waals surface area contributed by atoms with Crippen LogP contribution in [0.1, 0.15) is 53.4 Å². The Bertz CT molecular complexity index is 969. The van der Waals surface area contributed by atoms with Gasteiger partial charge in [0.1, 0.15) is 12.2 Å². The van der Waals surface area contributed by atoms with E-state index in [1.165, 1.54) is 7.11 Å². The third-order valence-corrected chi connectivity index (χ3v) is 5.47. The number of carbonyl (C=O) groups excluding carboxylic acids is 2. The van der Waals surface area contributed by atoms with Crippen LogP contribution in [0.25, 0.3) is 11.3 Å². The van der Waals surface area contributed by atoms with Crippen LogP contribution in [-0.2, 0) is 14.3 Å². The first-order chi connectivity index (χ1) is 16.7. The van der Waals surface area contributed by atoms with Gasteiger partial charge in [-0.3, -0.25) is 14.7 Å². The Balaban J connectivity index is 1.70. The number of aromatic nitrogens is 4. The molecule has 11 heteroatoms. The van der Waals surface area contributed by atoms with Crippen LogP contribution in [0.5, 0.6) is 6.01 Å². The summed E-state index contributed by atoms with van der Waals surface area (Å²) in [7, 11) is 1.50. The van der Waals surface area contributed by atoms with Crippen molar-refractivity contribution in [3.05, 3.63) is 24.8 Å². The van der Waals surface area contributed by atoms with Gasteiger partial charge in [0.05, 0.1) is 25.2 Å². The van der Waals surface area contributed by atoms with Crippen LogP contribution in [0.3, 0.4) is 0 Å². The molecule has 35 heavy (non-hydrogen) atoms. The SMILES string of the molecule is CCOCC(=O)N(c1cnc(-c2cnc(OC)nc2)cn1)[C@H]1CC[C@H](NC(=O)OC(C)(C)C)CC1. The lowest BCUT2D eigenvalue weighted by Crippen LogP contribution is -2.48. The van der Waals surface area contributed by atoms with E-state index in [0.717, 1.165) is 12.8 Å². The zero-order chi connectivity index (χ0) is 25.4. The summed E-state index contributed by atoms with van der Waals surface area (Å²) >= 11 is 0. The fourth-order valence-electron chi connectivity index (χ4n) is 3.88. The number of methoxy groups -OCH3 is 1. The third-order valence-electron chi connectivity index (χ3n) is 5.47. The third kappa shape index (κ3) is 7.57. The van der Waals surface area contributed by atoms with Crippen molar-refractivity contribution in [2.75, 3.05) is 25.2 Å². The number of hydrogen-bond donors (Lipinski definition) is 1. The van der Waals surface area contributed by atoms with Crippen molar-refractivity contribution in [3.63, 3.8) is 0 Å². The second kappa shape index (κ2) is 11.9. The molecule has 1 N–H and O–H groups in total. The lowest BCUT2D eigenvalue weighted by atomic mass is 9.90. The van der Waals surface area contributed by atoms with Gasteiger partial charge in [0, 0.05) is 36.6 Å². The van der Waals surface area contributed by atoms with E-state index in [-0.39, 0.29) is 30.6 Å². The molecule has 2 aromatic heterocycles. The molecule has 0 aromatic carbocycles. The number of amides is 2. The lowest BCUT2D eigenvalue weighted by molar-refractivity contribution is -0.123. The summed E-state index contributed by atoms with van der Waals surface area (Å²) in [6, 6.07) is 0.181. The summed E-state index contributed by atoms with van der Waals surface area (Å²) in [4.78, 5) is 44.0. The molecular weight excluding hydrogens is 452 g/mol. The zero-order valence-electron chi connectivity index (χ0n) is 21.0. The maximum atomic E-state index is 13.1. The molecule has 0 atom stereocenters. The summed E-state index contributed by atoms with van der Waals surface area (Å²) in [5.74, 6) is 0.279. The largest absolute Gasteiger partial charge is 0.467 e. The van der Waals surface area contributed by atoms with Gasteiger partial charge in [-0.1, -0.05) is 0 Å². The van der Waals surface area contributed by atoms with Crippen LogP contribution < -0.4 is 15.0 Å². The summed E-state index contributed by atoms with van der Waals surface area (Å²) in [6.45, 7) is 7.74. The highest BCUT2D eigenvalue weighted by atomic mass is 16.6. The van der Waals surface area contributed by atoms with Gasteiger partial charge in [-0.2, -0.15) is 0 Å². The molecule has 1 fully saturated rings. The van der Waals surface area contributed by atoms with Crippen molar-refractivity contribution in [3.8, 4) is 17.3 Å². The first-order valence-corrected chi connectivity index (χ1v) is 11.8. The first kappa shape index (κ1) is 26.3. The van der Waals surface area contributed by atoms with Crippen molar-refractivity contribution in [1.82, 2.24) is 25.3 Å². The summed E-state index contributed by atoms with van der Waals surface area (Å²) in [5.41, 5.74) is 0.719. The maximum absolute atomic E-state index is 13.1. The maximum Gasteiger partial charge on any atom is 0.407 e. The monoisotopic (exact) mass is 486 g/mol. The number of hydrogen-bond acceptors (Lipinski definition) is 9. The van der Waals surface area contributed by atoms with Gasteiger partial charge in [-0.05, 0) is 53.4 Å². The van der Waals surface area contributed by atoms with Crippen molar-refractivity contribution < 1.29 is 23.8 Å². The van der Waals surface area contributed by atoms with E-state index in [2.05, 4.69) is 25.3 Å². The molecule has 2 amide bonds. The number of ether oxygens (including phenoxy) is 3. The number of nitrogens with one attached hydrogen (secondary N) is 1. The molecule has 0 spiro atoms. The predicted octanol–water partition coefficient (Wildman–Crippen LogP) is 3.15. The molecular formula is C24H34N6O5. The fourth-order valence-corrected chi connectivity index (χ4v) is 3.88. The predicted molar refractivity (Wildman–Crippen MR) is 129 cm³/mol. The van der Waals surface area contributed by atoms with Gasteiger partial charge in [0.15, 0.2) is 5.82 Å². The molecule has 3 rings (SSSR count). The number of rotatable bonds is 8. The standard InChI is InChI=1S/C24H34N6O5/c1-6-34-15-21(31)30(18-9-7-17(8-10-18)29-23(32)35-24(2,3)4)20-14-25-19(13-26-20)16-11-27-22(33-5)28-12-16/h11-14,17-18H,6-10,15H2,1-5H3,(H,29,32)/t17-,18-. The summed E-state index contributed by atoms with van der Waals surface area (Å²) < 4.78 is 15.7. The molecule has 1 aliphatic carbocycles. The molecule has 11 nitrogen and oxygen atoms in total. The molecule has 2 aromatic rings. The molecule has 2 heterocycles. The van der Waals surface area contributed by atoms with Gasteiger partial charge in [0.2, 0.25) is 0 Å². The van der Waals surface area contributed by atoms with E-state index < -0.39 is 11.7 Å². The normalized spacial score (nSPS) is 18.0. The average Bonchev–Trinajstić information content (AvgIpc) is 2.83. The smallest absolute Gasteiger partial charge is 0.407 e. The average molecular weight is 487 g/mol. The molecule has 0 aliphatic heterocycles. The molecule has 1 aliphatic rings. The van der Waals surface area contributed by atoms with E-state index >= 15 is 0 Å². The van der Waals surface area contributed by atoms with E-state index in [4.69, 9.17) is 14.2 Å². The highest BCUT2D eigenvalue weighted by molar-refractivity contribution is 5.94. The Morgan fingerprint density at radius 1 is 1.03 bits per heavy atom. The van der Waals surface area contributed by atoms with Crippen LogP contribution in [0.4, 0.5) is 10.6 Å². The minimum absolute atomic E-state index is 0.00604. The van der Waals surface area contributed by atoms with Gasteiger partial charge in [-0.25, -0.2) is 19.7 Å². The van der Waals surface area contributed by atoms with E-state index in [1.54, 1.807) is 29.7 Å². The van der Waals surface area contributed by atoms with E-state index in [9.17, 15) is 9.59 Å². The number of alkyl carbamates (subject to hydrolysis) is 1. The molecule has 1 saturated carbocycles. The Morgan fingerprint density at radius 3 is 2.26 bits per heavy atom. The van der Waals surface area contributed by atoms with Crippen LogP contribution in [0, 0.1) is 0 Å². The number of nitrogens with zero attached hydrogens (tertiary/aromatic N) is 5. The minimum atomic E-state index is -0.549. The second-order valence-electron chi connectivity index (χ2n) is 9.27. The van der Waals surface area contributed by atoms with Crippen molar-refractivity contribution >= 4 is 17.8 Å². The van der Waals surface area contributed by atoms with Gasteiger partial charge in [-0.15, -0.1) is 0 Å². The van der Waals surface area contributed by atoms with Gasteiger partial charge in [0.25, 0.3) is 5.91 Å². The van der Waals surface area contributed by atoms with Crippen LogP contribution >= 0.6 is 0 Å². The Hall–Kier alpha value is -3.34. The minimum Gasteiger partial charge on any atom is -0.467 e. The molecule has 0 radical (unpaired) electrons. The quantitative estimate of drug-likeness (QED) is 0.598. The molecule has 0 unspecified atom stereocenters. The fraction of sp³-hybridized carbons (Fsp3) is 0.583. The zero-order valence-corrected chi connectivity index (χ0v) is 21.0. The molecule has 0 saturated heterocycles. The van der Waals surface area contributed by atoms with Crippen molar-refractivity contribution in [2.45, 2.75) is 71.1 Å². The van der Waals surface area contributed by atoms with Crippen LogP contribution in [0.15, 0.2) is 24.8 Å². The van der Waals surface area contributed by atoms with Crippen molar-refractivity contribution in [1.29, 1.82) is 0 Å². The highest BCUT2D eigenvalue weighted by Gasteiger charge is 2.32. The van der Waals surface area contributed by atoms with Crippen LogP contribution in [-0.4, -0.2) is 69.9 Å². The molecule has 190 valence electrons. The number of anilines is 1. The second-order valence-corrected chi connectivity index (χ2v) is 9.27. The summed E-state index contributed by atoms with van der Waals surface area (Å²) in [6.07, 6.45) is 8.80. The lowest BCUT2D eigenvalue weighted by Gasteiger charge is -2.36. The first-order valence-electron chi connectivity index (χ1n) is 11.8. The summed E-state index contributed by atoms with van der Waals surface area (Å²) in [5, 5.41) is 2.93. The Kier molecular flexibility index (Phi) is 8.91. The highest BCUT2D eigenvalue weighted by Crippen LogP contribution is 2.28. The van der Waals surface area contributed by atoms with Crippen LogP contribution in [0.2, 0.25) is 0 Å². The molecule has 0 bridgehead atoms. The van der Waals surface area contributed by atoms with Crippen molar-refractivity contribution in [2.24, 2.45) is 0 Å². The van der Waals surface area contributed by atoms with Gasteiger partial charge >= 0.3 is 12.1 Å². The number of carbonyl (C=O) groups is 2. The van der Waals surface area contributed by atoms with E-state index in [1.807, 2.05) is 27.7 Å². The topological polar surface area (TPSA) is 129 Å². The van der Waals surface area contributed by atoms with E-state index in [0.29, 0.717) is 36.5 Å². The van der Waals surface area contributed by atoms with Gasteiger partial charge < -0.3 is 19.5 Å². The Labute approximate surface area is 205 Å². The Morgan fingerprint density at radius 2 is 1.71 bits per heavy atom.